The molecule has 0 fully saturated rings. The van der Waals surface area contributed by atoms with Crippen molar-refractivity contribution >= 4 is 0 Å². The van der Waals surface area contributed by atoms with Crippen molar-refractivity contribution < 1.29 is 10.1 Å². The molecule has 0 saturated heterocycles. The highest BCUT2D eigenvalue weighted by Gasteiger charge is 2.06. The fourth-order valence-electron chi connectivity index (χ4n) is 2.11. The molecule has 0 heterocycles. The monoisotopic (exact) mass is 248 g/mol. The molecular formula is C16H26NO+. The molecular weight excluding hydrogens is 222 g/mol. The minimum absolute atomic E-state index is 0.630. The average molecular weight is 248 g/mol. The summed E-state index contributed by atoms with van der Waals surface area (Å²) in [5, 5.41) is 2.29. The third-order valence-corrected chi connectivity index (χ3v) is 2.90. The third-order valence-electron chi connectivity index (χ3n) is 2.90. The van der Waals surface area contributed by atoms with Crippen LogP contribution in [0.3, 0.4) is 0 Å². The van der Waals surface area contributed by atoms with Crippen LogP contribution in [0.25, 0.3) is 0 Å². The van der Waals surface area contributed by atoms with Crippen LogP contribution in [0.2, 0.25) is 0 Å². The highest BCUT2D eigenvalue weighted by Crippen LogP contribution is 2.24. The molecule has 0 saturated carbocycles. The lowest BCUT2D eigenvalue weighted by Crippen LogP contribution is -2.89. The normalized spacial score (nSPS) is 10.7. The van der Waals surface area contributed by atoms with Crippen molar-refractivity contribution in [3.05, 3.63) is 41.5 Å². The Morgan fingerprint density at radius 1 is 1.28 bits per heavy atom. The number of allylic oxidation sites excluding steroid dienone is 1. The number of rotatable bonds is 7. The van der Waals surface area contributed by atoms with Crippen LogP contribution >= 0.6 is 0 Å². The van der Waals surface area contributed by atoms with E-state index in [0.717, 1.165) is 25.3 Å². The molecule has 0 aromatic heterocycles. The van der Waals surface area contributed by atoms with E-state index in [4.69, 9.17) is 4.74 Å². The predicted molar refractivity (Wildman–Crippen MR) is 77.2 cm³/mol. The molecule has 100 valence electrons. The maximum atomic E-state index is 5.89. The quantitative estimate of drug-likeness (QED) is 0.582. The van der Waals surface area contributed by atoms with E-state index in [1.54, 1.807) is 0 Å². The van der Waals surface area contributed by atoms with Crippen LogP contribution in [0, 0.1) is 13.8 Å². The summed E-state index contributed by atoms with van der Waals surface area (Å²) in [6, 6.07) is 5.01. The summed E-state index contributed by atoms with van der Waals surface area (Å²) < 4.78 is 5.89. The molecule has 0 atom stereocenters. The summed E-state index contributed by atoms with van der Waals surface area (Å²) in [6.45, 7) is 14.2. The third kappa shape index (κ3) is 4.53. The van der Waals surface area contributed by atoms with Gasteiger partial charge in [-0.25, -0.2) is 0 Å². The van der Waals surface area contributed by atoms with Gasteiger partial charge in [-0.1, -0.05) is 18.2 Å². The van der Waals surface area contributed by atoms with Gasteiger partial charge < -0.3 is 10.1 Å². The summed E-state index contributed by atoms with van der Waals surface area (Å²) in [4.78, 5) is 0. The van der Waals surface area contributed by atoms with E-state index >= 15 is 0 Å². The van der Waals surface area contributed by atoms with E-state index in [1.807, 2.05) is 6.08 Å². The highest BCUT2D eigenvalue weighted by atomic mass is 16.5. The maximum absolute atomic E-state index is 5.89. The highest BCUT2D eigenvalue weighted by molar-refractivity contribution is 5.43. The molecule has 0 bridgehead atoms. The van der Waals surface area contributed by atoms with Gasteiger partial charge in [0.15, 0.2) is 0 Å². The number of nitrogens with two attached hydrogens (primary N) is 1. The maximum Gasteiger partial charge on any atom is 0.137 e. The summed E-state index contributed by atoms with van der Waals surface area (Å²) >= 11 is 0. The van der Waals surface area contributed by atoms with Crippen molar-refractivity contribution in [2.75, 3.05) is 13.2 Å². The number of aryl methyl sites for hydroxylation is 2. The SMILES string of the molecule is C=CCc1cc(C)c(OCC[NH2+]C(C)C)c(C)c1. The molecule has 2 heteroatoms. The van der Waals surface area contributed by atoms with E-state index in [2.05, 4.69) is 51.7 Å². The van der Waals surface area contributed by atoms with Gasteiger partial charge in [-0.3, -0.25) is 0 Å². The largest absolute Gasteiger partial charge is 0.487 e. The van der Waals surface area contributed by atoms with Crippen LogP contribution in [0.4, 0.5) is 0 Å². The van der Waals surface area contributed by atoms with Gasteiger partial charge in [0, 0.05) is 0 Å². The molecule has 0 aliphatic carbocycles. The lowest BCUT2D eigenvalue weighted by molar-refractivity contribution is -0.683. The number of ether oxygens (including phenoxy) is 1. The van der Waals surface area contributed by atoms with Gasteiger partial charge in [-0.05, 0) is 50.8 Å². The number of benzene rings is 1. The number of quaternary nitrogens is 1. The van der Waals surface area contributed by atoms with E-state index in [9.17, 15) is 0 Å². The molecule has 2 N–H and O–H groups in total. The van der Waals surface area contributed by atoms with Gasteiger partial charge in [0.1, 0.15) is 18.9 Å². The van der Waals surface area contributed by atoms with E-state index < -0.39 is 0 Å². The summed E-state index contributed by atoms with van der Waals surface area (Å²) in [5.74, 6) is 1.04. The predicted octanol–water partition coefficient (Wildman–Crippen LogP) is 2.38. The van der Waals surface area contributed by atoms with Crippen LogP contribution in [-0.2, 0) is 6.42 Å². The van der Waals surface area contributed by atoms with E-state index in [0.29, 0.717) is 6.04 Å². The first kappa shape index (κ1) is 14.8. The van der Waals surface area contributed by atoms with Crippen LogP contribution < -0.4 is 10.1 Å². The van der Waals surface area contributed by atoms with E-state index in [1.165, 1.54) is 16.7 Å². The smallest absolute Gasteiger partial charge is 0.137 e. The minimum Gasteiger partial charge on any atom is -0.487 e. The summed E-state index contributed by atoms with van der Waals surface area (Å²) in [7, 11) is 0. The Labute approximate surface area is 111 Å². The first-order valence-corrected chi connectivity index (χ1v) is 6.71. The van der Waals surface area contributed by atoms with Crippen molar-refractivity contribution in [1.29, 1.82) is 0 Å². The molecule has 1 aromatic carbocycles. The second-order valence-electron chi connectivity index (χ2n) is 5.17. The lowest BCUT2D eigenvalue weighted by atomic mass is 10.0. The van der Waals surface area contributed by atoms with Crippen molar-refractivity contribution in [3.8, 4) is 5.75 Å². The Hall–Kier alpha value is -1.28. The van der Waals surface area contributed by atoms with Crippen LogP contribution in [-0.4, -0.2) is 19.2 Å². The van der Waals surface area contributed by atoms with Crippen LogP contribution in [0.15, 0.2) is 24.8 Å². The fraction of sp³-hybridized carbons (Fsp3) is 0.500. The van der Waals surface area contributed by atoms with Crippen molar-refractivity contribution in [2.45, 2.75) is 40.2 Å². The minimum atomic E-state index is 0.630. The van der Waals surface area contributed by atoms with E-state index in [-0.39, 0.29) is 0 Å². The molecule has 0 amide bonds. The molecule has 0 unspecified atom stereocenters. The Morgan fingerprint density at radius 2 is 1.89 bits per heavy atom. The second-order valence-corrected chi connectivity index (χ2v) is 5.17. The van der Waals surface area contributed by atoms with Crippen molar-refractivity contribution in [3.63, 3.8) is 0 Å². The fourth-order valence-corrected chi connectivity index (χ4v) is 2.11. The Bertz CT molecular complexity index is 373. The first-order chi connectivity index (χ1) is 8.54. The molecule has 1 rings (SSSR count). The summed E-state index contributed by atoms with van der Waals surface area (Å²) in [5.41, 5.74) is 3.74. The van der Waals surface area contributed by atoms with Crippen molar-refractivity contribution in [1.82, 2.24) is 0 Å². The average Bonchev–Trinajstić information content (AvgIpc) is 2.27. The summed E-state index contributed by atoms with van der Waals surface area (Å²) in [6.07, 6.45) is 2.86. The molecule has 0 aliphatic heterocycles. The van der Waals surface area contributed by atoms with Gasteiger partial charge in [0.2, 0.25) is 0 Å². The first-order valence-electron chi connectivity index (χ1n) is 6.71. The van der Waals surface area contributed by atoms with Crippen LogP contribution in [0.1, 0.15) is 30.5 Å². The zero-order valence-corrected chi connectivity index (χ0v) is 12.1. The van der Waals surface area contributed by atoms with Gasteiger partial charge in [0.25, 0.3) is 0 Å². The molecule has 1 aromatic rings. The molecule has 18 heavy (non-hydrogen) atoms. The molecule has 2 nitrogen and oxygen atoms in total. The molecule has 0 aliphatic rings. The standard InChI is InChI=1S/C16H25NO/c1-6-7-15-10-13(4)16(14(5)11-15)18-9-8-17-12(2)3/h6,10-12,17H,1,7-9H2,2-5H3/p+1. The van der Waals surface area contributed by atoms with Gasteiger partial charge >= 0.3 is 0 Å². The van der Waals surface area contributed by atoms with Crippen molar-refractivity contribution in [2.24, 2.45) is 0 Å². The lowest BCUT2D eigenvalue weighted by Gasteiger charge is -2.14. The van der Waals surface area contributed by atoms with Gasteiger partial charge in [-0.15, -0.1) is 6.58 Å². The van der Waals surface area contributed by atoms with Gasteiger partial charge in [0.05, 0.1) is 6.04 Å². The topological polar surface area (TPSA) is 25.8 Å². The Kier molecular flexibility index (Phi) is 5.93. The number of hydrogen-bond acceptors (Lipinski definition) is 1. The Balaban J connectivity index is 2.62. The second kappa shape index (κ2) is 7.22. The molecule has 0 spiro atoms. The Morgan fingerprint density at radius 3 is 2.39 bits per heavy atom. The van der Waals surface area contributed by atoms with Gasteiger partial charge in [-0.2, -0.15) is 0 Å². The zero-order valence-electron chi connectivity index (χ0n) is 12.1. The zero-order chi connectivity index (χ0) is 13.5. The van der Waals surface area contributed by atoms with Crippen LogP contribution in [0.5, 0.6) is 5.75 Å². The molecule has 0 radical (unpaired) electrons. The number of hydrogen-bond donors (Lipinski definition) is 1.